The van der Waals surface area contributed by atoms with Crippen molar-refractivity contribution < 1.29 is 17.6 Å². The molecule has 0 unspecified atom stereocenters. The molecule has 0 bridgehead atoms. The number of hydrogen-bond acceptors (Lipinski definition) is 0. The Morgan fingerprint density at radius 3 is 1.68 bits per heavy atom. The molecular formula is C18H24F4. The molecule has 0 aliphatic rings. The molecule has 2 aromatic rings. The van der Waals surface area contributed by atoms with Crippen molar-refractivity contribution >= 4 is 0 Å². The SMILES string of the molecule is C.C.C.CCc1cc(C)c(-c2cc(F)c(F)c(F)c2)c(F)c1. The van der Waals surface area contributed by atoms with Gasteiger partial charge in [-0.3, -0.25) is 0 Å². The quantitative estimate of drug-likeness (QED) is 0.428. The van der Waals surface area contributed by atoms with E-state index in [0.717, 1.165) is 17.7 Å². The zero-order valence-corrected chi connectivity index (χ0v) is 10.5. The highest BCUT2D eigenvalue weighted by Crippen LogP contribution is 2.30. The van der Waals surface area contributed by atoms with Crippen LogP contribution >= 0.6 is 0 Å². The molecule has 2 rings (SSSR count). The second-order valence-corrected chi connectivity index (χ2v) is 4.38. The molecule has 0 saturated heterocycles. The minimum Gasteiger partial charge on any atom is -0.206 e. The Morgan fingerprint density at radius 1 is 0.773 bits per heavy atom. The third-order valence-corrected chi connectivity index (χ3v) is 3.03. The van der Waals surface area contributed by atoms with Gasteiger partial charge in [-0.25, -0.2) is 17.6 Å². The van der Waals surface area contributed by atoms with Crippen molar-refractivity contribution in [2.24, 2.45) is 0 Å². The van der Waals surface area contributed by atoms with Gasteiger partial charge in [0, 0.05) is 5.56 Å². The summed E-state index contributed by atoms with van der Waals surface area (Å²) in [5, 5.41) is 0. The zero-order chi connectivity index (χ0) is 14.2. The molecule has 0 amide bonds. The normalized spacial score (nSPS) is 9.36. The molecule has 0 atom stereocenters. The molecule has 0 aliphatic heterocycles. The summed E-state index contributed by atoms with van der Waals surface area (Å²) in [5.41, 5.74) is 1.44. The number of aryl methyl sites for hydroxylation is 2. The van der Waals surface area contributed by atoms with Gasteiger partial charge in [0.15, 0.2) is 17.5 Å². The lowest BCUT2D eigenvalue weighted by molar-refractivity contribution is 0.447. The third-order valence-electron chi connectivity index (χ3n) is 3.03. The third kappa shape index (κ3) is 4.09. The molecule has 0 radical (unpaired) electrons. The Hall–Kier alpha value is -1.84. The fourth-order valence-electron chi connectivity index (χ4n) is 2.08. The summed E-state index contributed by atoms with van der Waals surface area (Å²) in [4.78, 5) is 0. The lowest BCUT2D eigenvalue weighted by Gasteiger charge is -2.10. The van der Waals surface area contributed by atoms with Gasteiger partial charge in [-0.2, -0.15) is 0 Å². The highest BCUT2D eigenvalue weighted by Gasteiger charge is 2.16. The van der Waals surface area contributed by atoms with E-state index in [1.54, 1.807) is 13.0 Å². The first kappa shape index (κ1) is 22.4. The Labute approximate surface area is 130 Å². The van der Waals surface area contributed by atoms with E-state index in [-0.39, 0.29) is 33.4 Å². The van der Waals surface area contributed by atoms with Crippen LogP contribution in [0.5, 0.6) is 0 Å². The van der Waals surface area contributed by atoms with Gasteiger partial charge in [0.2, 0.25) is 0 Å². The predicted molar refractivity (Wildman–Crippen MR) is 86.0 cm³/mol. The molecule has 0 spiro atoms. The molecule has 22 heavy (non-hydrogen) atoms. The Bertz CT molecular complexity index is 587. The molecule has 0 saturated carbocycles. The van der Waals surface area contributed by atoms with E-state index in [0.29, 0.717) is 12.0 Å². The van der Waals surface area contributed by atoms with Crippen molar-refractivity contribution in [3.63, 3.8) is 0 Å². The number of benzene rings is 2. The summed E-state index contributed by atoms with van der Waals surface area (Å²) in [5.74, 6) is -4.77. The monoisotopic (exact) mass is 316 g/mol. The molecular weight excluding hydrogens is 292 g/mol. The molecule has 0 fully saturated rings. The van der Waals surface area contributed by atoms with Crippen LogP contribution in [-0.2, 0) is 6.42 Å². The molecule has 124 valence electrons. The van der Waals surface area contributed by atoms with E-state index in [1.165, 1.54) is 6.07 Å². The van der Waals surface area contributed by atoms with Crippen LogP contribution in [0, 0.1) is 30.2 Å². The first-order valence-corrected chi connectivity index (χ1v) is 5.88. The highest BCUT2D eigenvalue weighted by molar-refractivity contribution is 5.68. The summed E-state index contributed by atoms with van der Waals surface area (Å²) in [6, 6.07) is 4.67. The minimum atomic E-state index is -1.55. The van der Waals surface area contributed by atoms with Crippen LogP contribution < -0.4 is 0 Å². The lowest BCUT2D eigenvalue weighted by atomic mass is 9.96. The van der Waals surface area contributed by atoms with Crippen molar-refractivity contribution in [2.45, 2.75) is 42.5 Å². The van der Waals surface area contributed by atoms with Gasteiger partial charge < -0.3 is 0 Å². The number of halogens is 4. The predicted octanol–water partition coefficient (Wildman–Crippen LogP) is 6.69. The summed E-state index contributed by atoms with van der Waals surface area (Å²) >= 11 is 0. The van der Waals surface area contributed by atoms with Crippen LogP contribution in [0.15, 0.2) is 24.3 Å². The van der Waals surface area contributed by atoms with Gasteiger partial charge in [-0.1, -0.05) is 35.3 Å². The second kappa shape index (κ2) is 8.57. The maximum atomic E-state index is 14.0. The fourth-order valence-corrected chi connectivity index (χ4v) is 2.08. The average molecular weight is 316 g/mol. The van der Waals surface area contributed by atoms with Crippen molar-refractivity contribution in [1.82, 2.24) is 0 Å². The smallest absolute Gasteiger partial charge is 0.194 e. The Kier molecular flexibility index (Phi) is 8.74. The zero-order valence-electron chi connectivity index (χ0n) is 10.5. The van der Waals surface area contributed by atoms with E-state index in [9.17, 15) is 17.6 Å². The van der Waals surface area contributed by atoms with Crippen LogP contribution in [0.2, 0.25) is 0 Å². The summed E-state index contributed by atoms with van der Waals surface area (Å²) in [6.07, 6.45) is 0.657. The summed E-state index contributed by atoms with van der Waals surface area (Å²) in [6.45, 7) is 3.53. The first-order valence-electron chi connectivity index (χ1n) is 5.88. The van der Waals surface area contributed by atoms with E-state index < -0.39 is 23.3 Å². The topological polar surface area (TPSA) is 0 Å². The standard InChI is InChI=1S/C15H12F4.3CH4/c1-3-9-4-8(2)14(11(16)5-9)10-6-12(17)15(19)13(18)7-10;;;/h4-7H,3H2,1-2H3;3*1H4. The first-order chi connectivity index (χ1) is 8.93. The van der Waals surface area contributed by atoms with Gasteiger partial charge in [-0.15, -0.1) is 0 Å². The van der Waals surface area contributed by atoms with E-state index >= 15 is 0 Å². The minimum absolute atomic E-state index is 0. The van der Waals surface area contributed by atoms with E-state index in [1.807, 2.05) is 6.92 Å². The molecule has 0 nitrogen and oxygen atoms in total. The van der Waals surface area contributed by atoms with Crippen molar-refractivity contribution in [1.29, 1.82) is 0 Å². The largest absolute Gasteiger partial charge is 0.206 e. The summed E-state index contributed by atoms with van der Waals surface area (Å²) in [7, 11) is 0. The molecule has 4 heteroatoms. The second-order valence-electron chi connectivity index (χ2n) is 4.38. The van der Waals surface area contributed by atoms with Gasteiger partial charge in [0.05, 0.1) is 0 Å². The molecule has 0 N–H and O–H groups in total. The van der Waals surface area contributed by atoms with Crippen molar-refractivity contribution in [3.05, 3.63) is 58.7 Å². The molecule has 0 heterocycles. The fraction of sp³-hybridized carbons (Fsp3) is 0.333. The highest BCUT2D eigenvalue weighted by atomic mass is 19.2. The molecule has 0 aliphatic carbocycles. The maximum Gasteiger partial charge on any atom is 0.194 e. The molecule has 2 aromatic carbocycles. The van der Waals surface area contributed by atoms with E-state index in [4.69, 9.17) is 0 Å². The van der Waals surface area contributed by atoms with Crippen LogP contribution in [0.1, 0.15) is 40.3 Å². The van der Waals surface area contributed by atoms with Crippen LogP contribution in [0.3, 0.4) is 0 Å². The summed E-state index contributed by atoms with van der Waals surface area (Å²) < 4.78 is 53.3. The van der Waals surface area contributed by atoms with Gasteiger partial charge in [-0.05, 0) is 48.2 Å². The van der Waals surface area contributed by atoms with Crippen LogP contribution in [-0.4, -0.2) is 0 Å². The van der Waals surface area contributed by atoms with Gasteiger partial charge in [0.1, 0.15) is 5.82 Å². The average Bonchev–Trinajstić information content (AvgIpc) is 2.34. The van der Waals surface area contributed by atoms with Crippen molar-refractivity contribution in [2.75, 3.05) is 0 Å². The van der Waals surface area contributed by atoms with Gasteiger partial charge >= 0.3 is 0 Å². The Morgan fingerprint density at radius 2 is 1.27 bits per heavy atom. The Balaban J connectivity index is 0. The van der Waals surface area contributed by atoms with Crippen LogP contribution in [0.25, 0.3) is 11.1 Å². The maximum absolute atomic E-state index is 14.0. The lowest BCUT2D eigenvalue weighted by Crippen LogP contribution is -1.97. The van der Waals surface area contributed by atoms with Gasteiger partial charge in [0.25, 0.3) is 0 Å². The molecule has 0 aromatic heterocycles. The van der Waals surface area contributed by atoms with Crippen molar-refractivity contribution in [3.8, 4) is 11.1 Å². The number of rotatable bonds is 2. The van der Waals surface area contributed by atoms with Crippen LogP contribution in [0.4, 0.5) is 17.6 Å². The van der Waals surface area contributed by atoms with E-state index in [2.05, 4.69) is 0 Å². The number of hydrogen-bond donors (Lipinski definition) is 0.